The van der Waals surface area contributed by atoms with Gasteiger partial charge in [-0.25, -0.2) is 4.39 Å². The van der Waals surface area contributed by atoms with Gasteiger partial charge in [0.1, 0.15) is 10.6 Å². The molecule has 0 aromatic heterocycles. The first-order valence-corrected chi connectivity index (χ1v) is 8.35. The number of nitrogens with zero attached hydrogens (tertiary/aromatic N) is 1. The molecule has 0 N–H and O–H groups in total. The topological polar surface area (TPSA) is 33.0 Å². The van der Waals surface area contributed by atoms with E-state index in [1.165, 1.54) is 18.2 Å². The zero-order chi connectivity index (χ0) is 18.8. The molecule has 2 rings (SSSR count). The first kappa shape index (κ1) is 19.8. The minimum atomic E-state index is -4.72. The van der Waals surface area contributed by atoms with E-state index in [9.17, 15) is 17.6 Å². The van der Waals surface area contributed by atoms with Crippen molar-refractivity contribution in [3.05, 3.63) is 57.3 Å². The van der Waals surface area contributed by atoms with Crippen LogP contribution in [0.3, 0.4) is 0 Å². The summed E-state index contributed by atoms with van der Waals surface area (Å²) in [5.74, 6) is -1.65. The molecule has 2 aromatic carbocycles. The lowest BCUT2D eigenvalue weighted by Gasteiger charge is -2.13. The maximum Gasteiger partial charge on any atom is 0.416 e. The van der Waals surface area contributed by atoms with E-state index in [-0.39, 0.29) is 12.2 Å². The number of benzene rings is 2. The van der Waals surface area contributed by atoms with Crippen LogP contribution in [0.4, 0.5) is 17.6 Å². The van der Waals surface area contributed by atoms with Gasteiger partial charge in [-0.1, -0.05) is 39.1 Å². The summed E-state index contributed by atoms with van der Waals surface area (Å²) in [7, 11) is 0. The van der Waals surface area contributed by atoms with Gasteiger partial charge in [0.25, 0.3) is 0 Å². The SMILES string of the molecule is N#CC(Br)Cc1cc(Oc2c(F)cc(C(F)(F)F)cc2Cl)ccc1Cl. The van der Waals surface area contributed by atoms with E-state index in [0.29, 0.717) is 22.7 Å². The molecule has 0 radical (unpaired) electrons. The van der Waals surface area contributed by atoms with Crippen molar-refractivity contribution in [2.24, 2.45) is 0 Å². The minimum Gasteiger partial charge on any atom is -0.453 e. The molecule has 1 unspecified atom stereocenters. The van der Waals surface area contributed by atoms with Gasteiger partial charge in [0.2, 0.25) is 0 Å². The molecule has 0 aliphatic carbocycles. The first-order valence-electron chi connectivity index (χ1n) is 6.68. The summed E-state index contributed by atoms with van der Waals surface area (Å²) < 4.78 is 57.2. The van der Waals surface area contributed by atoms with Gasteiger partial charge in [0, 0.05) is 5.02 Å². The van der Waals surface area contributed by atoms with Gasteiger partial charge in [-0.3, -0.25) is 0 Å². The Hall–Kier alpha value is -1.49. The van der Waals surface area contributed by atoms with Crippen molar-refractivity contribution >= 4 is 39.1 Å². The summed E-state index contributed by atoms with van der Waals surface area (Å²) in [6.07, 6.45) is -4.46. The molecule has 0 spiro atoms. The fraction of sp³-hybridized carbons (Fsp3) is 0.188. The van der Waals surface area contributed by atoms with E-state index >= 15 is 0 Å². The predicted octanol–water partition coefficient (Wildman–Crippen LogP) is 6.77. The van der Waals surface area contributed by atoms with E-state index in [4.69, 9.17) is 33.2 Å². The van der Waals surface area contributed by atoms with Crippen LogP contribution in [0.2, 0.25) is 10.0 Å². The zero-order valence-corrected chi connectivity index (χ0v) is 15.3. The second-order valence-electron chi connectivity index (χ2n) is 4.92. The normalized spacial score (nSPS) is 12.6. The summed E-state index contributed by atoms with van der Waals surface area (Å²) in [6.45, 7) is 0. The largest absolute Gasteiger partial charge is 0.453 e. The summed E-state index contributed by atoms with van der Waals surface area (Å²) in [6, 6.07) is 7.21. The van der Waals surface area contributed by atoms with E-state index < -0.39 is 33.2 Å². The Kier molecular flexibility index (Phi) is 6.20. The smallest absolute Gasteiger partial charge is 0.416 e. The Morgan fingerprint density at radius 2 is 1.84 bits per heavy atom. The Morgan fingerprint density at radius 3 is 2.40 bits per heavy atom. The number of rotatable bonds is 4. The monoisotopic (exact) mass is 455 g/mol. The highest BCUT2D eigenvalue weighted by Crippen LogP contribution is 2.39. The number of hydrogen-bond acceptors (Lipinski definition) is 2. The third-order valence-corrected chi connectivity index (χ3v) is 4.28. The van der Waals surface area contributed by atoms with Crippen LogP contribution in [-0.4, -0.2) is 4.83 Å². The van der Waals surface area contributed by atoms with Crippen molar-refractivity contribution in [2.45, 2.75) is 17.4 Å². The highest BCUT2D eigenvalue weighted by Gasteiger charge is 2.32. The molecule has 9 heteroatoms. The van der Waals surface area contributed by atoms with Crippen molar-refractivity contribution < 1.29 is 22.3 Å². The zero-order valence-electron chi connectivity index (χ0n) is 12.2. The molecule has 132 valence electrons. The standard InChI is InChI=1S/C16H8BrCl2F4NO/c17-10(7-24)3-8-4-11(1-2-12(8)18)25-15-13(19)5-9(6-14(15)20)16(21,22)23/h1-2,4-6,10H,3H2. The second-order valence-corrected chi connectivity index (χ2v) is 6.84. The van der Waals surface area contributed by atoms with Gasteiger partial charge in [0.05, 0.1) is 16.7 Å². The van der Waals surface area contributed by atoms with Gasteiger partial charge < -0.3 is 4.74 Å². The van der Waals surface area contributed by atoms with Gasteiger partial charge in [-0.15, -0.1) is 0 Å². The molecule has 0 saturated heterocycles. The highest BCUT2D eigenvalue weighted by molar-refractivity contribution is 9.09. The number of halogens is 7. The molecule has 25 heavy (non-hydrogen) atoms. The average Bonchev–Trinajstić information content (AvgIpc) is 2.52. The van der Waals surface area contributed by atoms with E-state index in [1.807, 2.05) is 6.07 Å². The fourth-order valence-corrected chi connectivity index (χ4v) is 2.74. The molecular weight excluding hydrogens is 449 g/mol. The van der Waals surface area contributed by atoms with Crippen LogP contribution in [0.15, 0.2) is 30.3 Å². The molecule has 2 aromatic rings. The van der Waals surface area contributed by atoms with Crippen molar-refractivity contribution in [1.82, 2.24) is 0 Å². The third kappa shape index (κ3) is 5.00. The van der Waals surface area contributed by atoms with Crippen molar-refractivity contribution in [3.63, 3.8) is 0 Å². The first-order chi connectivity index (χ1) is 11.6. The number of nitriles is 1. The Labute approximate surface area is 159 Å². The maximum absolute atomic E-state index is 14.0. The molecule has 2 nitrogen and oxygen atoms in total. The lowest BCUT2D eigenvalue weighted by molar-refractivity contribution is -0.137. The van der Waals surface area contributed by atoms with Crippen LogP contribution in [0.5, 0.6) is 11.5 Å². The summed E-state index contributed by atoms with van der Waals surface area (Å²) in [4.78, 5) is -0.494. The fourth-order valence-electron chi connectivity index (χ4n) is 1.95. The summed E-state index contributed by atoms with van der Waals surface area (Å²) >= 11 is 14.9. The molecular formula is C16H8BrCl2F4NO. The maximum atomic E-state index is 14.0. The Bertz CT molecular complexity index is 813. The second kappa shape index (κ2) is 7.81. The minimum absolute atomic E-state index is 0.123. The highest BCUT2D eigenvalue weighted by atomic mass is 79.9. The van der Waals surface area contributed by atoms with Gasteiger partial charge in [0.15, 0.2) is 11.6 Å². The van der Waals surface area contributed by atoms with E-state index in [0.717, 1.165) is 0 Å². The summed E-state index contributed by atoms with van der Waals surface area (Å²) in [5, 5.41) is 8.68. The molecule has 0 aliphatic rings. The van der Waals surface area contributed by atoms with Crippen LogP contribution in [0.25, 0.3) is 0 Å². The Morgan fingerprint density at radius 1 is 1.16 bits per heavy atom. The number of alkyl halides is 4. The van der Waals surface area contributed by atoms with Crippen LogP contribution < -0.4 is 4.74 Å². The molecule has 0 bridgehead atoms. The third-order valence-electron chi connectivity index (χ3n) is 3.10. The number of hydrogen-bond donors (Lipinski definition) is 0. The van der Waals surface area contributed by atoms with E-state index in [2.05, 4.69) is 15.9 Å². The molecule has 0 heterocycles. The van der Waals surface area contributed by atoms with Crippen molar-refractivity contribution in [1.29, 1.82) is 5.26 Å². The molecule has 0 saturated carbocycles. The van der Waals surface area contributed by atoms with E-state index in [1.54, 1.807) is 0 Å². The molecule has 0 aliphatic heterocycles. The van der Waals surface area contributed by atoms with Crippen LogP contribution in [-0.2, 0) is 12.6 Å². The molecule has 0 amide bonds. The van der Waals surface area contributed by atoms with Crippen LogP contribution >= 0.6 is 39.1 Å². The van der Waals surface area contributed by atoms with Gasteiger partial charge >= 0.3 is 6.18 Å². The van der Waals surface area contributed by atoms with Crippen LogP contribution in [0.1, 0.15) is 11.1 Å². The van der Waals surface area contributed by atoms with Crippen LogP contribution in [0, 0.1) is 17.1 Å². The lowest BCUT2D eigenvalue weighted by atomic mass is 10.1. The quantitative estimate of drug-likeness (QED) is 0.375. The average molecular weight is 457 g/mol. The molecule has 1 atom stereocenters. The lowest BCUT2D eigenvalue weighted by Crippen LogP contribution is -2.06. The van der Waals surface area contributed by atoms with Gasteiger partial charge in [-0.05, 0) is 42.3 Å². The summed E-state index contributed by atoms with van der Waals surface area (Å²) in [5.41, 5.74) is -0.665. The number of ether oxygens (including phenoxy) is 1. The predicted molar refractivity (Wildman–Crippen MR) is 90.0 cm³/mol. The van der Waals surface area contributed by atoms with Crippen molar-refractivity contribution in [3.8, 4) is 17.6 Å². The Balaban J connectivity index is 2.34. The van der Waals surface area contributed by atoms with Gasteiger partial charge in [-0.2, -0.15) is 18.4 Å². The molecule has 0 fully saturated rings. The van der Waals surface area contributed by atoms with Crippen molar-refractivity contribution in [2.75, 3.05) is 0 Å².